The number of carbonyl (C=O) groups excluding carboxylic acids is 1. The molecule has 0 bridgehead atoms. The van der Waals surface area contributed by atoms with Gasteiger partial charge in [-0.25, -0.2) is 4.79 Å². The number of nitrogens with zero attached hydrogens (tertiary/aromatic N) is 1. The largest absolute Gasteiger partial charge is 0.444 e. The van der Waals surface area contributed by atoms with Crippen molar-refractivity contribution in [3.63, 3.8) is 0 Å². The Morgan fingerprint density at radius 1 is 1.37 bits per heavy atom. The Labute approximate surface area is 111 Å². The summed E-state index contributed by atoms with van der Waals surface area (Å²) in [6.45, 7) is 5.34. The van der Waals surface area contributed by atoms with Crippen molar-refractivity contribution in [2.24, 2.45) is 0 Å². The van der Waals surface area contributed by atoms with E-state index in [0.29, 0.717) is 11.4 Å². The summed E-state index contributed by atoms with van der Waals surface area (Å²) in [6, 6.07) is 9.45. The first-order chi connectivity index (χ1) is 8.90. The maximum absolute atomic E-state index is 11.7. The predicted octanol–water partition coefficient (Wildman–Crippen LogP) is 3.39. The monoisotopic (exact) mass is 257 g/mol. The van der Waals surface area contributed by atoms with Crippen LogP contribution in [0.3, 0.4) is 0 Å². The first kappa shape index (κ1) is 13.0. The molecule has 19 heavy (non-hydrogen) atoms. The molecular weight excluding hydrogens is 242 g/mol. The number of para-hydroxylation sites is 1. The van der Waals surface area contributed by atoms with Crippen LogP contribution in [0.25, 0.3) is 10.9 Å². The van der Waals surface area contributed by atoms with Gasteiger partial charge in [-0.05, 0) is 26.8 Å². The lowest BCUT2D eigenvalue weighted by Gasteiger charge is -2.19. The Morgan fingerprint density at radius 3 is 2.68 bits per heavy atom. The molecule has 0 saturated heterocycles. The van der Waals surface area contributed by atoms with Gasteiger partial charge in [0.2, 0.25) is 0 Å². The standard InChI is InChI=1S/C14H15N3O2/c1-14(2,3)19-13(18)17-12-10(8-15)9-6-4-5-7-11(9)16-12/h4-7,16H,1-3H3,(H,17,18). The second kappa shape index (κ2) is 4.65. The molecular formula is C14H15N3O2. The summed E-state index contributed by atoms with van der Waals surface area (Å²) in [5.74, 6) is 0.359. The third-order valence-corrected chi connectivity index (χ3v) is 2.44. The van der Waals surface area contributed by atoms with Gasteiger partial charge in [-0.3, -0.25) is 5.32 Å². The number of aromatic amines is 1. The number of ether oxygens (including phenoxy) is 1. The molecule has 5 heteroatoms. The third kappa shape index (κ3) is 2.86. The highest BCUT2D eigenvalue weighted by Gasteiger charge is 2.19. The number of carbonyl (C=O) groups is 1. The van der Waals surface area contributed by atoms with Crippen LogP contribution >= 0.6 is 0 Å². The summed E-state index contributed by atoms with van der Waals surface area (Å²) in [4.78, 5) is 14.7. The van der Waals surface area contributed by atoms with Gasteiger partial charge in [-0.2, -0.15) is 5.26 Å². The quantitative estimate of drug-likeness (QED) is 0.822. The highest BCUT2D eigenvalue weighted by molar-refractivity contribution is 5.96. The number of nitrogens with one attached hydrogen (secondary N) is 2. The van der Waals surface area contributed by atoms with E-state index in [2.05, 4.69) is 16.4 Å². The minimum Gasteiger partial charge on any atom is -0.444 e. The molecule has 2 N–H and O–H groups in total. The Hall–Kier alpha value is -2.48. The van der Waals surface area contributed by atoms with Crippen molar-refractivity contribution < 1.29 is 9.53 Å². The van der Waals surface area contributed by atoms with Crippen LogP contribution in [-0.2, 0) is 4.74 Å². The molecule has 0 atom stereocenters. The zero-order valence-electron chi connectivity index (χ0n) is 11.1. The van der Waals surface area contributed by atoms with E-state index in [1.165, 1.54) is 0 Å². The van der Waals surface area contributed by atoms with Crippen LogP contribution < -0.4 is 5.32 Å². The minimum atomic E-state index is -0.587. The second-order valence-corrected chi connectivity index (χ2v) is 5.16. The molecule has 1 aromatic carbocycles. The fraction of sp³-hybridized carbons (Fsp3) is 0.286. The number of amides is 1. The van der Waals surface area contributed by atoms with Crippen LogP contribution in [0.1, 0.15) is 26.3 Å². The Kier molecular flexibility index (Phi) is 3.17. The first-order valence-corrected chi connectivity index (χ1v) is 5.91. The van der Waals surface area contributed by atoms with E-state index in [0.717, 1.165) is 10.9 Å². The SMILES string of the molecule is CC(C)(C)OC(=O)Nc1[nH]c2ccccc2c1C#N. The zero-order valence-corrected chi connectivity index (χ0v) is 11.1. The molecule has 0 aliphatic carbocycles. The van der Waals surface area contributed by atoms with Crippen LogP contribution in [-0.4, -0.2) is 16.7 Å². The topological polar surface area (TPSA) is 77.9 Å². The smallest absolute Gasteiger partial charge is 0.413 e. The summed E-state index contributed by atoms with van der Waals surface area (Å²) in [5, 5.41) is 12.5. The molecule has 0 spiro atoms. The number of anilines is 1. The van der Waals surface area contributed by atoms with Gasteiger partial charge in [0.1, 0.15) is 23.1 Å². The Bertz CT molecular complexity index is 659. The molecule has 1 heterocycles. The fourth-order valence-electron chi connectivity index (χ4n) is 1.76. The van der Waals surface area contributed by atoms with Gasteiger partial charge in [0.15, 0.2) is 0 Å². The number of benzene rings is 1. The van der Waals surface area contributed by atoms with Crippen molar-refractivity contribution in [3.8, 4) is 6.07 Å². The first-order valence-electron chi connectivity index (χ1n) is 5.91. The Morgan fingerprint density at radius 2 is 2.05 bits per heavy atom. The van der Waals surface area contributed by atoms with Gasteiger partial charge >= 0.3 is 6.09 Å². The van der Waals surface area contributed by atoms with Crippen molar-refractivity contribution in [1.82, 2.24) is 4.98 Å². The molecule has 2 rings (SSSR count). The lowest BCUT2D eigenvalue weighted by Crippen LogP contribution is -2.27. The molecule has 5 nitrogen and oxygen atoms in total. The van der Waals surface area contributed by atoms with Gasteiger partial charge in [-0.15, -0.1) is 0 Å². The highest BCUT2D eigenvalue weighted by atomic mass is 16.6. The van der Waals surface area contributed by atoms with Crippen molar-refractivity contribution in [3.05, 3.63) is 29.8 Å². The maximum Gasteiger partial charge on any atom is 0.413 e. The molecule has 0 aliphatic rings. The number of rotatable bonds is 1. The minimum absolute atomic E-state index is 0.359. The molecule has 0 saturated carbocycles. The normalized spacial score (nSPS) is 11.1. The lowest BCUT2D eigenvalue weighted by atomic mass is 10.2. The zero-order chi connectivity index (χ0) is 14.0. The van der Waals surface area contributed by atoms with Gasteiger partial charge in [0.05, 0.1) is 0 Å². The molecule has 0 fully saturated rings. The molecule has 1 amide bonds. The van der Waals surface area contributed by atoms with Crippen LogP contribution in [0, 0.1) is 11.3 Å². The third-order valence-electron chi connectivity index (χ3n) is 2.44. The number of fused-ring (bicyclic) bond motifs is 1. The summed E-state index contributed by atoms with van der Waals surface area (Å²) < 4.78 is 5.16. The van der Waals surface area contributed by atoms with E-state index in [-0.39, 0.29) is 0 Å². The van der Waals surface area contributed by atoms with E-state index in [9.17, 15) is 10.1 Å². The van der Waals surface area contributed by atoms with Crippen molar-refractivity contribution >= 4 is 22.8 Å². The lowest BCUT2D eigenvalue weighted by molar-refractivity contribution is 0.0635. The molecule has 1 aromatic heterocycles. The number of hydrogen-bond acceptors (Lipinski definition) is 3. The van der Waals surface area contributed by atoms with E-state index in [1.807, 2.05) is 24.3 Å². The maximum atomic E-state index is 11.7. The number of hydrogen-bond donors (Lipinski definition) is 2. The second-order valence-electron chi connectivity index (χ2n) is 5.16. The fourth-order valence-corrected chi connectivity index (χ4v) is 1.76. The van der Waals surface area contributed by atoms with Gasteiger partial charge in [-0.1, -0.05) is 18.2 Å². The van der Waals surface area contributed by atoms with Crippen LogP contribution in [0.2, 0.25) is 0 Å². The van der Waals surface area contributed by atoms with Crippen molar-refractivity contribution in [1.29, 1.82) is 5.26 Å². The average molecular weight is 257 g/mol. The Balaban J connectivity index is 2.31. The van der Waals surface area contributed by atoms with Gasteiger partial charge < -0.3 is 9.72 Å². The molecule has 0 unspecified atom stereocenters. The van der Waals surface area contributed by atoms with E-state index < -0.39 is 11.7 Å². The van der Waals surface area contributed by atoms with Crippen LogP contribution in [0.15, 0.2) is 24.3 Å². The average Bonchev–Trinajstić information content (AvgIpc) is 2.63. The summed E-state index contributed by atoms with van der Waals surface area (Å²) in [5.41, 5.74) is 0.620. The van der Waals surface area contributed by atoms with Crippen molar-refractivity contribution in [2.75, 3.05) is 5.32 Å². The van der Waals surface area contributed by atoms with Crippen molar-refractivity contribution in [2.45, 2.75) is 26.4 Å². The summed E-state index contributed by atoms with van der Waals surface area (Å²) >= 11 is 0. The summed E-state index contributed by atoms with van der Waals surface area (Å²) in [6.07, 6.45) is -0.587. The number of nitriles is 1. The molecule has 0 aliphatic heterocycles. The van der Waals surface area contributed by atoms with Crippen LogP contribution in [0.5, 0.6) is 0 Å². The van der Waals surface area contributed by atoms with E-state index in [1.54, 1.807) is 20.8 Å². The summed E-state index contributed by atoms with van der Waals surface area (Å²) in [7, 11) is 0. The van der Waals surface area contributed by atoms with Gasteiger partial charge in [0.25, 0.3) is 0 Å². The van der Waals surface area contributed by atoms with E-state index >= 15 is 0 Å². The number of H-pyrrole nitrogens is 1. The number of aromatic nitrogens is 1. The highest BCUT2D eigenvalue weighted by Crippen LogP contribution is 2.25. The van der Waals surface area contributed by atoms with Gasteiger partial charge in [0, 0.05) is 10.9 Å². The molecule has 0 radical (unpaired) electrons. The van der Waals surface area contributed by atoms with E-state index in [4.69, 9.17) is 4.74 Å². The van der Waals surface area contributed by atoms with Crippen LogP contribution in [0.4, 0.5) is 10.6 Å². The predicted molar refractivity (Wildman–Crippen MR) is 72.9 cm³/mol. The molecule has 2 aromatic rings. The molecule has 98 valence electrons.